The van der Waals surface area contributed by atoms with Gasteiger partial charge in [0.25, 0.3) is 5.91 Å². The highest BCUT2D eigenvalue weighted by molar-refractivity contribution is 5.98. The molecule has 1 amide bonds. The van der Waals surface area contributed by atoms with Crippen LogP contribution >= 0.6 is 0 Å². The summed E-state index contributed by atoms with van der Waals surface area (Å²) in [5, 5.41) is 14.6. The number of aromatic nitrogens is 2. The Labute approximate surface area is 193 Å². The Morgan fingerprint density at radius 3 is 2.70 bits per heavy atom. The molecule has 33 heavy (non-hydrogen) atoms. The van der Waals surface area contributed by atoms with Gasteiger partial charge in [-0.15, -0.1) is 0 Å². The first kappa shape index (κ1) is 20.9. The Morgan fingerprint density at radius 1 is 1.12 bits per heavy atom. The van der Waals surface area contributed by atoms with Gasteiger partial charge in [0.1, 0.15) is 0 Å². The largest absolute Gasteiger partial charge is 0.329 e. The van der Waals surface area contributed by atoms with Crippen LogP contribution < -0.4 is 5.32 Å². The zero-order valence-corrected chi connectivity index (χ0v) is 18.3. The number of amides is 1. The molecule has 0 spiro atoms. The van der Waals surface area contributed by atoms with Crippen LogP contribution in [-0.2, 0) is 13.1 Å². The van der Waals surface area contributed by atoms with Gasteiger partial charge < -0.3 is 14.8 Å². The first-order chi connectivity index (χ1) is 16.2. The standard InChI is InChI=1S/C27H25N5O/c28-14-20-5-7-21(8-6-20)17-31-19-30-16-26(31)18-32(25-11-12-29-15-25)27(33)24-10-9-22-3-1-2-4-23(22)13-24/h1-10,13,16,19,25,29H,11-12,15,17-18H2/t25-/m1/s1. The second kappa shape index (κ2) is 9.27. The number of carbonyl (C=O) groups excluding carboxylic acids is 1. The quantitative estimate of drug-likeness (QED) is 0.498. The predicted octanol–water partition coefficient (Wildman–Crippen LogP) is 3.96. The van der Waals surface area contributed by atoms with E-state index in [-0.39, 0.29) is 11.9 Å². The SMILES string of the molecule is N#Cc1ccc(Cn2cncc2CN(C(=O)c2ccc3ccccc3c2)[C@@H]2CCNC2)cc1. The maximum absolute atomic E-state index is 13.7. The van der Waals surface area contributed by atoms with Crippen molar-refractivity contribution in [1.29, 1.82) is 5.26 Å². The summed E-state index contributed by atoms with van der Waals surface area (Å²) in [4.78, 5) is 20.0. The lowest BCUT2D eigenvalue weighted by molar-refractivity contribution is 0.0671. The molecule has 1 aliphatic heterocycles. The van der Waals surface area contributed by atoms with E-state index in [0.717, 1.165) is 41.5 Å². The number of nitrogens with zero attached hydrogens (tertiary/aromatic N) is 4. The Kier molecular flexibility index (Phi) is 5.88. The first-order valence-electron chi connectivity index (χ1n) is 11.2. The van der Waals surface area contributed by atoms with Crippen molar-refractivity contribution in [3.63, 3.8) is 0 Å². The Hall–Kier alpha value is -3.95. The predicted molar refractivity (Wildman–Crippen MR) is 128 cm³/mol. The van der Waals surface area contributed by atoms with Gasteiger partial charge in [0, 0.05) is 30.9 Å². The third-order valence-electron chi connectivity index (χ3n) is 6.30. The zero-order valence-electron chi connectivity index (χ0n) is 18.3. The molecular formula is C27H25N5O. The first-order valence-corrected chi connectivity index (χ1v) is 11.2. The molecule has 2 heterocycles. The van der Waals surface area contributed by atoms with E-state index in [1.807, 2.05) is 71.8 Å². The van der Waals surface area contributed by atoms with Gasteiger partial charge in [-0.2, -0.15) is 5.26 Å². The van der Waals surface area contributed by atoms with Crippen LogP contribution in [0.15, 0.2) is 79.3 Å². The highest BCUT2D eigenvalue weighted by atomic mass is 16.2. The second-order valence-electron chi connectivity index (χ2n) is 8.46. The monoisotopic (exact) mass is 435 g/mol. The summed E-state index contributed by atoms with van der Waals surface area (Å²) in [6, 6.07) is 23.9. The second-order valence-corrected chi connectivity index (χ2v) is 8.46. The van der Waals surface area contributed by atoms with E-state index >= 15 is 0 Å². The summed E-state index contributed by atoms with van der Waals surface area (Å²) < 4.78 is 2.07. The van der Waals surface area contributed by atoms with Crippen molar-refractivity contribution in [2.24, 2.45) is 0 Å². The van der Waals surface area contributed by atoms with Crippen LogP contribution in [0.2, 0.25) is 0 Å². The molecule has 5 rings (SSSR count). The number of fused-ring (bicyclic) bond motifs is 1. The fourth-order valence-corrected chi connectivity index (χ4v) is 4.44. The van der Waals surface area contributed by atoms with Gasteiger partial charge in [-0.05, 0) is 53.6 Å². The summed E-state index contributed by atoms with van der Waals surface area (Å²) >= 11 is 0. The molecule has 0 bridgehead atoms. The number of nitrogens with one attached hydrogen (secondary N) is 1. The van der Waals surface area contributed by atoms with Gasteiger partial charge in [0.15, 0.2) is 0 Å². The minimum atomic E-state index is 0.0422. The van der Waals surface area contributed by atoms with Gasteiger partial charge in [-0.25, -0.2) is 4.98 Å². The van der Waals surface area contributed by atoms with E-state index in [4.69, 9.17) is 5.26 Å². The molecule has 0 saturated carbocycles. The number of benzene rings is 3. The van der Waals surface area contributed by atoms with Crippen molar-refractivity contribution < 1.29 is 4.79 Å². The number of imidazole rings is 1. The van der Waals surface area contributed by atoms with E-state index in [9.17, 15) is 4.79 Å². The smallest absolute Gasteiger partial charge is 0.254 e. The number of carbonyl (C=O) groups is 1. The summed E-state index contributed by atoms with van der Waals surface area (Å²) in [5.74, 6) is 0.0422. The van der Waals surface area contributed by atoms with E-state index in [1.54, 1.807) is 6.33 Å². The summed E-state index contributed by atoms with van der Waals surface area (Å²) in [6.07, 6.45) is 4.58. The van der Waals surface area contributed by atoms with Crippen LogP contribution in [0.25, 0.3) is 10.8 Å². The van der Waals surface area contributed by atoms with Crippen molar-refractivity contribution in [2.45, 2.75) is 25.6 Å². The highest BCUT2D eigenvalue weighted by Gasteiger charge is 2.28. The molecule has 164 valence electrons. The number of nitriles is 1. The van der Waals surface area contributed by atoms with E-state index in [1.165, 1.54) is 0 Å². The van der Waals surface area contributed by atoms with Crippen LogP contribution in [0.4, 0.5) is 0 Å². The van der Waals surface area contributed by atoms with Crippen LogP contribution in [-0.4, -0.2) is 39.5 Å². The number of hydrogen-bond acceptors (Lipinski definition) is 4. The lowest BCUT2D eigenvalue weighted by Crippen LogP contribution is -2.41. The van der Waals surface area contributed by atoms with Crippen LogP contribution in [0, 0.1) is 11.3 Å². The summed E-state index contributed by atoms with van der Waals surface area (Å²) in [7, 11) is 0. The van der Waals surface area contributed by atoms with Gasteiger partial charge in [0.2, 0.25) is 0 Å². The van der Waals surface area contributed by atoms with Crippen molar-refractivity contribution >= 4 is 16.7 Å². The Morgan fingerprint density at radius 2 is 1.94 bits per heavy atom. The lowest BCUT2D eigenvalue weighted by atomic mass is 10.1. The van der Waals surface area contributed by atoms with Gasteiger partial charge in [-0.3, -0.25) is 4.79 Å². The molecule has 1 N–H and O–H groups in total. The molecule has 4 aromatic rings. The fraction of sp³-hybridized carbons (Fsp3) is 0.222. The zero-order chi connectivity index (χ0) is 22.6. The van der Waals surface area contributed by atoms with Gasteiger partial charge in [-0.1, -0.05) is 42.5 Å². The molecule has 1 saturated heterocycles. The van der Waals surface area contributed by atoms with Crippen LogP contribution in [0.3, 0.4) is 0 Å². The lowest BCUT2D eigenvalue weighted by Gasteiger charge is -2.29. The average Bonchev–Trinajstić information content (AvgIpc) is 3.55. The molecule has 1 aliphatic rings. The molecular weight excluding hydrogens is 410 g/mol. The normalized spacial score (nSPS) is 15.4. The molecule has 0 aliphatic carbocycles. The molecule has 1 fully saturated rings. The third-order valence-corrected chi connectivity index (χ3v) is 6.30. The van der Waals surface area contributed by atoms with Gasteiger partial charge >= 0.3 is 0 Å². The van der Waals surface area contributed by atoms with E-state index in [2.05, 4.69) is 27.0 Å². The van der Waals surface area contributed by atoms with Crippen molar-refractivity contribution in [1.82, 2.24) is 19.8 Å². The number of rotatable bonds is 6. The molecule has 1 atom stereocenters. The van der Waals surface area contributed by atoms with E-state index < -0.39 is 0 Å². The van der Waals surface area contributed by atoms with Crippen molar-refractivity contribution in [2.75, 3.05) is 13.1 Å². The maximum atomic E-state index is 13.7. The average molecular weight is 436 g/mol. The third kappa shape index (κ3) is 4.50. The maximum Gasteiger partial charge on any atom is 0.254 e. The summed E-state index contributed by atoms with van der Waals surface area (Å²) in [6.45, 7) is 2.84. The topological polar surface area (TPSA) is 74.0 Å². The highest BCUT2D eigenvalue weighted by Crippen LogP contribution is 2.21. The molecule has 6 nitrogen and oxygen atoms in total. The Balaban J connectivity index is 1.41. The van der Waals surface area contributed by atoms with Crippen LogP contribution in [0.5, 0.6) is 0 Å². The minimum absolute atomic E-state index is 0.0422. The van der Waals surface area contributed by atoms with Crippen molar-refractivity contribution in [3.05, 3.63) is 102 Å². The van der Waals surface area contributed by atoms with Gasteiger partial charge in [0.05, 0.1) is 30.2 Å². The summed E-state index contributed by atoms with van der Waals surface area (Å²) in [5.41, 5.74) is 3.42. The van der Waals surface area contributed by atoms with Crippen LogP contribution in [0.1, 0.15) is 33.6 Å². The number of hydrogen-bond donors (Lipinski definition) is 1. The molecule has 0 unspecified atom stereocenters. The minimum Gasteiger partial charge on any atom is -0.329 e. The molecule has 6 heteroatoms. The Bertz CT molecular complexity index is 1310. The molecule has 0 radical (unpaired) electrons. The molecule has 1 aromatic heterocycles. The fourth-order valence-electron chi connectivity index (χ4n) is 4.44. The van der Waals surface area contributed by atoms with E-state index in [0.29, 0.717) is 24.2 Å². The molecule has 3 aromatic carbocycles. The van der Waals surface area contributed by atoms with Crippen molar-refractivity contribution in [3.8, 4) is 6.07 Å².